The van der Waals surface area contributed by atoms with Gasteiger partial charge < -0.3 is 23.7 Å². The predicted octanol–water partition coefficient (Wildman–Crippen LogP) is 2.64. The number of carbonyl (C=O) groups is 1. The van der Waals surface area contributed by atoms with Gasteiger partial charge >= 0.3 is 0 Å². The summed E-state index contributed by atoms with van der Waals surface area (Å²) in [5, 5.41) is 0. The molecule has 1 aliphatic heterocycles. The third kappa shape index (κ3) is 3.53. The molecule has 1 aromatic heterocycles. The van der Waals surface area contributed by atoms with Crippen LogP contribution in [0.4, 0.5) is 5.69 Å². The lowest BCUT2D eigenvalue weighted by atomic mass is 10.1. The van der Waals surface area contributed by atoms with Crippen LogP contribution in [0.25, 0.3) is 0 Å². The van der Waals surface area contributed by atoms with Crippen molar-refractivity contribution in [1.29, 1.82) is 0 Å². The number of nitrogens with zero attached hydrogens (tertiary/aromatic N) is 2. The molecule has 0 atom stereocenters. The Morgan fingerprint density at radius 2 is 1.54 bits per heavy atom. The molecule has 0 spiro atoms. The summed E-state index contributed by atoms with van der Waals surface area (Å²) in [6, 6.07) is 7.48. The molecule has 2 aromatic rings. The van der Waals surface area contributed by atoms with Crippen LogP contribution in [0.1, 0.15) is 0 Å². The molecule has 3 rings (SSSR count). The third-order valence-corrected chi connectivity index (χ3v) is 3.61. The Kier molecular flexibility index (Phi) is 5.52. The minimum atomic E-state index is -0.0794. The molecule has 0 aliphatic carbocycles. The third-order valence-electron chi connectivity index (χ3n) is 3.61. The van der Waals surface area contributed by atoms with Crippen molar-refractivity contribution in [2.45, 2.75) is 0 Å². The maximum atomic E-state index is 11.6. The van der Waals surface area contributed by atoms with Gasteiger partial charge in [0, 0.05) is 37.1 Å². The van der Waals surface area contributed by atoms with Crippen molar-refractivity contribution in [2.24, 2.45) is 7.05 Å². The summed E-state index contributed by atoms with van der Waals surface area (Å²) < 4.78 is 17.7. The zero-order chi connectivity index (χ0) is 17.7. The van der Waals surface area contributed by atoms with Gasteiger partial charge in [0.1, 0.15) is 0 Å². The standard InChI is InChI=1S/C13H15NO4.C5H7N/c1-8-7-14(13(8)15)9-5-10(16-2)12(18-4)11(6-9)17-3;1-6-4-2-3-5-6/h5-6H,1,7H2,2-4H3;2-5H,1H3. The zero-order valence-electron chi connectivity index (χ0n) is 14.4. The molecule has 1 aromatic carbocycles. The SMILES string of the molecule is C=C1CN(c2cc(OC)c(OC)c(OC)c2)C1=O.Cn1cccc1. The second kappa shape index (κ2) is 7.59. The smallest absolute Gasteiger partial charge is 0.255 e. The lowest BCUT2D eigenvalue weighted by Crippen LogP contribution is -2.45. The molecule has 1 fully saturated rings. The van der Waals surface area contributed by atoms with Crippen molar-refractivity contribution in [3.8, 4) is 17.2 Å². The van der Waals surface area contributed by atoms with Crippen molar-refractivity contribution in [3.05, 3.63) is 48.8 Å². The Bertz CT molecular complexity index is 698. The number of methoxy groups -OCH3 is 3. The lowest BCUT2D eigenvalue weighted by molar-refractivity contribution is -0.117. The molecule has 0 bridgehead atoms. The van der Waals surface area contributed by atoms with Gasteiger partial charge in [0.2, 0.25) is 5.75 Å². The van der Waals surface area contributed by atoms with E-state index in [0.717, 1.165) is 0 Å². The van der Waals surface area contributed by atoms with Gasteiger partial charge in [-0.15, -0.1) is 0 Å². The molecule has 1 aliphatic rings. The first-order valence-corrected chi connectivity index (χ1v) is 7.38. The first-order valence-electron chi connectivity index (χ1n) is 7.38. The van der Waals surface area contributed by atoms with Gasteiger partial charge in [0.15, 0.2) is 11.5 Å². The highest BCUT2D eigenvalue weighted by atomic mass is 16.5. The van der Waals surface area contributed by atoms with Crippen LogP contribution in [-0.4, -0.2) is 38.3 Å². The van der Waals surface area contributed by atoms with Gasteiger partial charge in [-0.05, 0) is 12.1 Å². The van der Waals surface area contributed by atoms with Crippen LogP contribution in [-0.2, 0) is 11.8 Å². The number of ether oxygens (including phenoxy) is 3. The minimum Gasteiger partial charge on any atom is -0.493 e. The van der Waals surface area contributed by atoms with Gasteiger partial charge in [-0.1, -0.05) is 6.58 Å². The number of rotatable bonds is 4. The zero-order valence-corrected chi connectivity index (χ0v) is 14.4. The number of aryl methyl sites for hydroxylation is 1. The van der Waals surface area contributed by atoms with E-state index in [1.54, 1.807) is 17.0 Å². The first kappa shape index (κ1) is 17.5. The summed E-state index contributed by atoms with van der Waals surface area (Å²) in [4.78, 5) is 13.2. The molecular formula is C18H22N2O4. The average molecular weight is 330 g/mol. The van der Waals surface area contributed by atoms with E-state index < -0.39 is 0 Å². The summed E-state index contributed by atoms with van der Waals surface area (Å²) in [6.45, 7) is 4.18. The van der Waals surface area contributed by atoms with E-state index >= 15 is 0 Å². The van der Waals surface area contributed by atoms with Crippen LogP contribution in [0, 0.1) is 0 Å². The Balaban J connectivity index is 0.000000292. The molecule has 24 heavy (non-hydrogen) atoms. The fourth-order valence-corrected chi connectivity index (χ4v) is 2.28. The van der Waals surface area contributed by atoms with Crippen LogP contribution in [0.5, 0.6) is 17.2 Å². The number of carbonyl (C=O) groups excluding carboxylic acids is 1. The van der Waals surface area contributed by atoms with Gasteiger partial charge in [0.05, 0.1) is 33.6 Å². The molecule has 0 N–H and O–H groups in total. The Hall–Kier alpha value is -2.89. The normalized spacial score (nSPS) is 12.9. The van der Waals surface area contributed by atoms with E-state index in [2.05, 4.69) is 6.58 Å². The summed E-state index contributed by atoms with van der Waals surface area (Å²) in [5.74, 6) is 1.48. The highest BCUT2D eigenvalue weighted by Gasteiger charge is 2.31. The average Bonchev–Trinajstić information content (AvgIpc) is 3.09. The van der Waals surface area contributed by atoms with E-state index in [9.17, 15) is 4.79 Å². The summed E-state index contributed by atoms with van der Waals surface area (Å²) in [7, 11) is 6.62. The molecule has 2 heterocycles. The monoisotopic (exact) mass is 330 g/mol. The largest absolute Gasteiger partial charge is 0.493 e. The predicted molar refractivity (Wildman–Crippen MR) is 93.0 cm³/mol. The molecule has 6 nitrogen and oxygen atoms in total. The summed E-state index contributed by atoms with van der Waals surface area (Å²) in [5.41, 5.74) is 1.31. The van der Waals surface area contributed by atoms with Gasteiger partial charge in [-0.2, -0.15) is 0 Å². The number of aromatic nitrogens is 1. The van der Waals surface area contributed by atoms with Crippen LogP contribution in [0.3, 0.4) is 0 Å². The first-order chi connectivity index (χ1) is 11.5. The molecule has 0 saturated carbocycles. The van der Waals surface area contributed by atoms with Crippen LogP contribution < -0.4 is 19.1 Å². The molecule has 6 heteroatoms. The maximum Gasteiger partial charge on any atom is 0.255 e. The van der Waals surface area contributed by atoms with Crippen molar-refractivity contribution in [2.75, 3.05) is 32.8 Å². The van der Waals surface area contributed by atoms with Crippen molar-refractivity contribution in [3.63, 3.8) is 0 Å². The number of amides is 1. The van der Waals surface area contributed by atoms with Gasteiger partial charge in [-0.3, -0.25) is 4.79 Å². The maximum absolute atomic E-state index is 11.6. The van der Waals surface area contributed by atoms with E-state index in [-0.39, 0.29) is 5.91 Å². The second-order valence-electron chi connectivity index (χ2n) is 5.23. The van der Waals surface area contributed by atoms with Crippen LogP contribution >= 0.6 is 0 Å². The molecule has 128 valence electrons. The molecule has 1 amide bonds. The Labute approximate surface area is 141 Å². The van der Waals surface area contributed by atoms with Crippen molar-refractivity contribution < 1.29 is 19.0 Å². The Morgan fingerprint density at radius 3 is 1.83 bits per heavy atom. The number of benzene rings is 1. The summed E-state index contributed by atoms with van der Waals surface area (Å²) in [6.07, 6.45) is 4.00. The highest BCUT2D eigenvalue weighted by Crippen LogP contribution is 2.42. The van der Waals surface area contributed by atoms with Crippen molar-refractivity contribution >= 4 is 11.6 Å². The number of hydrogen-bond donors (Lipinski definition) is 0. The molecule has 1 saturated heterocycles. The molecular weight excluding hydrogens is 308 g/mol. The molecule has 0 radical (unpaired) electrons. The lowest BCUT2D eigenvalue weighted by Gasteiger charge is -2.33. The van der Waals surface area contributed by atoms with Crippen LogP contribution in [0.2, 0.25) is 0 Å². The topological polar surface area (TPSA) is 52.9 Å². The highest BCUT2D eigenvalue weighted by molar-refractivity contribution is 6.13. The fraction of sp³-hybridized carbons (Fsp3) is 0.278. The number of hydrogen-bond acceptors (Lipinski definition) is 4. The number of β-lactam (4-membered cyclic amide) rings is 1. The van der Waals surface area contributed by atoms with E-state index in [0.29, 0.717) is 35.1 Å². The van der Waals surface area contributed by atoms with E-state index in [4.69, 9.17) is 14.2 Å². The quantitative estimate of drug-likeness (QED) is 0.639. The van der Waals surface area contributed by atoms with Gasteiger partial charge in [-0.25, -0.2) is 0 Å². The molecule has 0 unspecified atom stereocenters. The minimum absolute atomic E-state index is 0.0794. The van der Waals surface area contributed by atoms with E-state index in [1.165, 1.54) is 21.3 Å². The summed E-state index contributed by atoms with van der Waals surface area (Å²) >= 11 is 0. The van der Waals surface area contributed by atoms with Gasteiger partial charge in [0.25, 0.3) is 5.91 Å². The van der Waals surface area contributed by atoms with Crippen LogP contribution in [0.15, 0.2) is 48.8 Å². The van der Waals surface area contributed by atoms with Crippen molar-refractivity contribution in [1.82, 2.24) is 4.57 Å². The van der Waals surface area contributed by atoms with E-state index in [1.807, 2.05) is 36.1 Å². The Morgan fingerprint density at radius 1 is 1.00 bits per heavy atom. The fourth-order valence-electron chi connectivity index (χ4n) is 2.28. The second-order valence-corrected chi connectivity index (χ2v) is 5.23. The number of anilines is 1.